The molecule has 1 atom stereocenters. The first-order chi connectivity index (χ1) is 7.90. The van der Waals surface area contributed by atoms with Crippen LogP contribution < -0.4 is 4.74 Å². The molecule has 1 aliphatic rings. The molecule has 92 valence electrons. The summed E-state index contributed by atoms with van der Waals surface area (Å²) in [5.74, 6) is 0.151. The van der Waals surface area contributed by atoms with Crippen LogP contribution in [-0.4, -0.2) is 17.2 Å². The molecule has 1 heterocycles. The van der Waals surface area contributed by atoms with Crippen LogP contribution in [0, 0.1) is 5.41 Å². The van der Waals surface area contributed by atoms with Crippen LogP contribution >= 0.6 is 0 Å². The average molecular weight is 234 g/mol. The largest absolute Gasteiger partial charge is 0.490 e. The highest BCUT2D eigenvalue weighted by Gasteiger charge is 2.30. The van der Waals surface area contributed by atoms with Crippen molar-refractivity contribution >= 4 is 5.97 Å². The summed E-state index contributed by atoms with van der Waals surface area (Å²) in [5.41, 5.74) is 1.54. The molecule has 1 aliphatic heterocycles. The number of carbonyl (C=O) groups is 1. The van der Waals surface area contributed by atoms with Crippen LogP contribution in [0.1, 0.15) is 31.9 Å². The highest BCUT2D eigenvalue weighted by atomic mass is 16.5. The highest BCUT2D eigenvalue weighted by Crippen LogP contribution is 2.34. The lowest BCUT2D eigenvalue weighted by molar-refractivity contribution is -0.146. The summed E-state index contributed by atoms with van der Waals surface area (Å²) >= 11 is 0. The maximum absolute atomic E-state index is 11.2. The van der Waals surface area contributed by atoms with Crippen molar-refractivity contribution in [2.24, 2.45) is 5.41 Å². The zero-order chi connectivity index (χ0) is 12.6. The van der Waals surface area contributed by atoms with Gasteiger partial charge in [-0.3, -0.25) is 4.79 Å². The zero-order valence-corrected chi connectivity index (χ0v) is 10.5. The third-order valence-corrected chi connectivity index (χ3v) is 3.26. The molecule has 17 heavy (non-hydrogen) atoms. The van der Waals surface area contributed by atoms with E-state index in [4.69, 9.17) is 4.74 Å². The molecule has 0 aliphatic carbocycles. The molecule has 0 radical (unpaired) electrons. The van der Waals surface area contributed by atoms with E-state index < -0.39 is 11.4 Å². The minimum absolute atomic E-state index is 0.194. The molecule has 1 N–H and O–H groups in total. The molecule has 3 heteroatoms. The number of hydrogen-bond donors (Lipinski definition) is 1. The average Bonchev–Trinajstić information content (AvgIpc) is 2.59. The Morgan fingerprint density at radius 1 is 1.53 bits per heavy atom. The summed E-state index contributed by atoms with van der Waals surface area (Å²) in [6.07, 6.45) is 1.61. The number of ether oxygens (including phenoxy) is 1. The van der Waals surface area contributed by atoms with E-state index in [2.05, 4.69) is 0 Å². The van der Waals surface area contributed by atoms with Crippen LogP contribution in [0.15, 0.2) is 18.2 Å². The number of hydrogen-bond acceptors (Lipinski definition) is 2. The maximum atomic E-state index is 11.2. The highest BCUT2D eigenvalue weighted by molar-refractivity contribution is 5.74. The molecule has 1 aromatic carbocycles. The summed E-state index contributed by atoms with van der Waals surface area (Å²) < 4.78 is 5.67. The smallest absolute Gasteiger partial charge is 0.309 e. The van der Waals surface area contributed by atoms with Crippen LogP contribution in [0.2, 0.25) is 0 Å². The predicted molar refractivity (Wildman–Crippen MR) is 65.4 cm³/mol. The Morgan fingerprint density at radius 2 is 2.24 bits per heavy atom. The SMILES string of the molecule is CC1Cc2c(CC(C)(C)C(=O)O)cccc2O1. The van der Waals surface area contributed by atoms with Gasteiger partial charge in [-0.1, -0.05) is 12.1 Å². The van der Waals surface area contributed by atoms with Gasteiger partial charge in [-0.15, -0.1) is 0 Å². The molecule has 0 bridgehead atoms. The number of rotatable bonds is 3. The molecule has 1 aromatic rings. The topological polar surface area (TPSA) is 46.5 Å². The molecular weight excluding hydrogens is 216 g/mol. The van der Waals surface area contributed by atoms with Crippen LogP contribution in [0.4, 0.5) is 0 Å². The third-order valence-electron chi connectivity index (χ3n) is 3.26. The van der Waals surface area contributed by atoms with E-state index in [1.165, 1.54) is 5.56 Å². The summed E-state index contributed by atoms with van der Waals surface area (Å²) in [7, 11) is 0. The fourth-order valence-electron chi connectivity index (χ4n) is 2.22. The van der Waals surface area contributed by atoms with E-state index in [0.29, 0.717) is 6.42 Å². The van der Waals surface area contributed by atoms with E-state index >= 15 is 0 Å². The lowest BCUT2D eigenvalue weighted by Gasteiger charge is -2.20. The van der Waals surface area contributed by atoms with E-state index in [0.717, 1.165) is 17.7 Å². The van der Waals surface area contributed by atoms with Gasteiger partial charge in [-0.25, -0.2) is 0 Å². The monoisotopic (exact) mass is 234 g/mol. The van der Waals surface area contributed by atoms with Crippen LogP contribution in [0.3, 0.4) is 0 Å². The summed E-state index contributed by atoms with van der Waals surface area (Å²) in [6.45, 7) is 5.55. The maximum Gasteiger partial charge on any atom is 0.309 e. The van der Waals surface area contributed by atoms with Crippen molar-refractivity contribution in [3.05, 3.63) is 29.3 Å². The number of carboxylic acids is 1. The molecule has 1 unspecified atom stereocenters. The first kappa shape index (κ1) is 12.0. The number of carboxylic acid groups (broad SMARTS) is 1. The van der Waals surface area contributed by atoms with Gasteiger partial charge in [0, 0.05) is 12.0 Å². The number of benzene rings is 1. The Hall–Kier alpha value is -1.51. The molecule has 3 nitrogen and oxygen atoms in total. The Bertz CT molecular complexity index is 449. The van der Waals surface area contributed by atoms with Gasteiger partial charge in [0.05, 0.1) is 5.41 Å². The van der Waals surface area contributed by atoms with E-state index in [1.54, 1.807) is 13.8 Å². The fourth-order valence-corrected chi connectivity index (χ4v) is 2.22. The van der Waals surface area contributed by atoms with Crippen molar-refractivity contribution in [1.29, 1.82) is 0 Å². The Kier molecular flexibility index (Phi) is 2.86. The molecule has 0 amide bonds. The Morgan fingerprint density at radius 3 is 2.88 bits per heavy atom. The molecule has 0 saturated heterocycles. The second kappa shape index (κ2) is 4.06. The van der Waals surface area contributed by atoms with Crippen molar-refractivity contribution in [2.75, 3.05) is 0 Å². The third kappa shape index (κ3) is 2.28. The van der Waals surface area contributed by atoms with Crippen molar-refractivity contribution in [3.8, 4) is 5.75 Å². The van der Waals surface area contributed by atoms with Gasteiger partial charge >= 0.3 is 5.97 Å². The molecule has 0 fully saturated rings. The van der Waals surface area contributed by atoms with Gasteiger partial charge in [0.25, 0.3) is 0 Å². The number of aliphatic carboxylic acids is 1. The lowest BCUT2D eigenvalue weighted by atomic mass is 9.84. The second-order valence-corrected chi connectivity index (χ2v) is 5.39. The normalized spacial score (nSPS) is 18.6. The minimum Gasteiger partial charge on any atom is -0.490 e. The molecular formula is C14H18O3. The first-order valence-electron chi connectivity index (χ1n) is 5.91. The van der Waals surface area contributed by atoms with Crippen LogP contribution in [-0.2, 0) is 17.6 Å². The van der Waals surface area contributed by atoms with E-state index in [-0.39, 0.29) is 6.10 Å². The van der Waals surface area contributed by atoms with Crippen molar-refractivity contribution < 1.29 is 14.6 Å². The van der Waals surface area contributed by atoms with Crippen molar-refractivity contribution in [3.63, 3.8) is 0 Å². The summed E-state index contributed by atoms with van der Waals surface area (Å²) in [5, 5.41) is 9.17. The van der Waals surface area contributed by atoms with Crippen molar-refractivity contribution in [2.45, 2.75) is 39.7 Å². The quantitative estimate of drug-likeness (QED) is 0.874. The van der Waals surface area contributed by atoms with Crippen molar-refractivity contribution in [1.82, 2.24) is 0 Å². The van der Waals surface area contributed by atoms with Gasteiger partial charge in [-0.05, 0) is 38.8 Å². The van der Waals surface area contributed by atoms with Gasteiger partial charge in [0.15, 0.2) is 0 Å². The van der Waals surface area contributed by atoms with Gasteiger partial charge < -0.3 is 9.84 Å². The van der Waals surface area contributed by atoms with Gasteiger partial charge in [0.2, 0.25) is 0 Å². The molecule has 0 spiro atoms. The first-order valence-corrected chi connectivity index (χ1v) is 5.91. The van der Waals surface area contributed by atoms with Crippen LogP contribution in [0.5, 0.6) is 5.75 Å². The Balaban J connectivity index is 2.30. The summed E-state index contributed by atoms with van der Waals surface area (Å²) in [4.78, 5) is 11.2. The van der Waals surface area contributed by atoms with Gasteiger partial charge in [-0.2, -0.15) is 0 Å². The summed E-state index contributed by atoms with van der Waals surface area (Å²) in [6, 6.07) is 5.89. The molecule has 0 aromatic heterocycles. The fraction of sp³-hybridized carbons (Fsp3) is 0.500. The number of fused-ring (bicyclic) bond motifs is 1. The zero-order valence-electron chi connectivity index (χ0n) is 10.5. The lowest BCUT2D eigenvalue weighted by Crippen LogP contribution is -2.26. The minimum atomic E-state index is -0.762. The Labute approximate surface area is 101 Å². The van der Waals surface area contributed by atoms with E-state index in [1.807, 2.05) is 25.1 Å². The predicted octanol–water partition coefficient (Wildman–Crippen LogP) is 2.66. The van der Waals surface area contributed by atoms with Gasteiger partial charge in [0.1, 0.15) is 11.9 Å². The molecule has 2 rings (SSSR count). The second-order valence-electron chi connectivity index (χ2n) is 5.39. The molecule has 0 saturated carbocycles. The van der Waals surface area contributed by atoms with E-state index in [9.17, 15) is 9.90 Å². The van der Waals surface area contributed by atoms with Crippen LogP contribution in [0.25, 0.3) is 0 Å². The standard InChI is InChI=1S/C14H18O3/c1-9-7-11-10(5-4-6-12(11)17-9)8-14(2,3)13(15)16/h4-6,9H,7-8H2,1-3H3,(H,15,16).